The molecule has 1 saturated carbocycles. The Hall–Kier alpha value is -0.610. The number of nitrogens with zero attached hydrogens (tertiary/aromatic N) is 1. The van der Waals surface area contributed by atoms with Crippen LogP contribution in [0, 0.1) is 5.92 Å². The predicted octanol–water partition coefficient (Wildman–Crippen LogP) is 2.00. The average molecular weight is 283 g/mol. The Morgan fingerprint density at radius 3 is 2.30 bits per heavy atom. The molecule has 1 rings (SSSR count). The van der Waals surface area contributed by atoms with Gasteiger partial charge in [-0.25, -0.2) is 0 Å². The predicted molar refractivity (Wildman–Crippen MR) is 84.8 cm³/mol. The third kappa shape index (κ3) is 5.06. The SMILES string of the molecule is CC(C)CCNC(=O)C(C)NCC1(N(C)C)CCCC1. The van der Waals surface area contributed by atoms with Crippen LogP contribution in [0.4, 0.5) is 0 Å². The normalized spacial score (nSPS) is 19.6. The highest BCUT2D eigenvalue weighted by Crippen LogP contribution is 2.33. The van der Waals surface area contributed by atoms with Crippen LogP contribution in [-0.4, -0.2) is 49.6 Å². The van der Waals surface area contributed by atoms with Crippen LogP contribution in [0.5, 0.6) is 0 Å². The van der Waals surface area contributed by atoms with Gasteiger partial charge in [0.2, 0.25) is 5.91 Å². The maximum atomic E-state index is 12.0. The molecule has 1 atom stereocenters. The Kier molecular flexibility index (Phi) is 6.96. The van der Waals surface area contributed by atoms with Crippen LogP contribution in [0.3, 0.4) is 0 Å². The van der Waals surface area contributed by atoms with Crippen LogP contribution in [0.1, 0.15) is 52.9 Å². The van der Waals surface area contributed by atoms with E-state index in [0.717, 1.165) is 19.5 Å². The summed E-state index contributed by atoms with van der Waals surface area (Å²) in [4.78, 5) is 14.3. The molecule has 1 aliphatic carbocycles. The summed E-state index contributed by atoms with van der Waals surface area (Å²) in [6.07, 6.45) is 6.10. The Morgan fingerprint density at radius 1 is 1.20 bits per heavy atom. The standard InChI is InChI=1S/C16H33N3O/c1-13(2)8-11-17-15(20)14(3)18-12-16(19(4)5)9-6-7-10-16/h13-14,18H,6-12H2,1-5H3,(H,17,20). The van der Waals surface area contributed by atoms with E-state index in [-0.39, 0.29) is 17.5 Å². The molecule has 4 heteroatoms. The Bertz CT molecular complexity index is 296. The highest BCUT2D eigenvalue weighted by Gasteiger charge is 2.36. The lowest BCUT2D eigenvalue weighted by Gasteiger charge is -2.37. The fourth-order valence-electron chi connectivity index (χ4n) is 2.89. The number of rotatable bonds is 8. The van der Waals surface area contributed by atoms with E-state index in [1.807, 2.05) is 6.92 Å². The third-order valence-corrected chi connectivity index (χ3v) is 4.63. The number of amides is 1. The summed E-state index contributed by atoms with van der Waals surface area (Å²) >= 11 is 0. The lowest BCUT2D eigenvalue weighted by molar-refractivity contribution is -0.122. The van der Waals surface area contributed by atoms with Crippen molar-refractivity contribution in [3.63, 3.8) is 0 Å². The van der Waals surface area contributed by atoms with E-state index in [2.05, 4.69) is 43.5 Å². The van der Waals surface area contributed by atoms with Crippen LogP contribution in [0.2, 0.25) is 0 Å². The molecule has 0 heterocycles. The lowest BCUT2D eigenvalue weighted by Crippen LogP contribution is -2.54. The molecule has 0 radical (unpaired) electrons. The van der Waals surface area contributed by atoms with Gasteiger partial charge in [-0.2, -0.15) is 0 Å². The van der Waals surface area contributed by atoms with E-state index < -0.39 is 0 Å². The maximum Gasteiger partial charge on any atom is 0.236 e. The van der Waals surface area contributed by atoms with E-state index in [1.54, 1.807) is 0 Å². The van der Waals surface area contributed by atoms with Crippen molar-refractivity contribution in [3.05, 3.63) is 0 Å². The van der Waals surface area contributed by atoms with Crippen molar-refractivity contribution in [2.75, 3.05) is 27.2 Å². The van der Waals surface area contributed by atoms with Crippen LogP contribution >= 0.6 is 0 Å². The van der Waals surface area contributed by atoms with Crippen molar-refractivity contribution in [3.8, 4) is 0 Å². The van der Waals surface area contributed by atoms with Crippen LogP contribution in [0.15, 0.2) is 0 Å². The zero-order chi connectivity index (χ0) is 15.2. The van der Waals surface area contributed by atoms with E-state index in [4.69, 9.17) is 0 Å². The number of hydrogen-bond donors (Lipinski definition) is 2. The first-order valence-electron chi connectivity index (χ1n) is 8.06. The summed E-state index contributed by atoms with van der Waals surface area (Å²) in [7, 11) is 4.31. The van der Waals surface area contributed by atoms with Gasteiger partial charge in [0.1, 0.15) is 0 Å². The molecule has 1 aliphatic rings. The summed E-state index contributed by atoms with van der Waals surface area (Å²) in [6, 6.07) is -0.111. The molecule has 0 saturated heterocycles. The highest BCUT2D eigenvalue weighted by atomic mass is 16.2. The number of carbonyl (C=O) groups excluding carboxylic acids is 1. The Balaban J connectivity index is 2.34. The monoisotopic (exact) mass is 283 g/mol. The fraction of sp³-hybridized carbons (Fsp3) is 0.938. The molecule has 0 spiro atoms. The van der Waals surface area contributed by atoms with Gasteiger partial charge in [-0.3, -0.25) is 4.79 Å². The second-order valence-electron chi connectivity index (χ2n) is 6.90. The molecule has 118 valence electrons. The van der Waals surface area contributed by atoms with Crippen molar-refractivity contribution in [2.45, 2.75) is 64.5 Å². The van der Waals surface area contributed by atoms with Gasteiger partial charge >= 0.3 is 0 Å². The summed E-state index contributed by atoms with van der Waals surface area (Å²) in [5.74, 6) is 0.756. The first kappa shape index (κ1) is 17.4. The summed E-state index contributed by atoms with van der Waals surface area (Å²) in [5, 5.41) is 6.45. The largest absolute Gasteiger partial charge is 0.355 e. The summed E-state index contributed by atoms with van der Waals surface area (Å²) in [6.45, 7) is 7.99. The summed E-state index contributed by atoms with van der Waals surface area (Å²) in [5.41, 5.74) is 0.243. The molecular weight excluding hydrogens is 250 g/mol. The molecule has 0 aliphatic heterocycles. The second-order valence-corrected chi connectivity index (χ2v) is 6.90. The van der Waals surface area contributed by atoms with Gasteiger partial charge in [0, 0.05) is 18.6 Å². The van der Waals surface area contributed by atoms with Crippen molar-refractivity contribution in [1.29, 1.82) is 0 Å². The highest BCUT2D eigenvalue weighted by molar-refractivity contribution is 5.81. The average Bonchev–Trinajstić information content (AvgIpc) is 2.85. The molecule has 4 nitrogen and oxygen atoms in total. The number of carbonyl (C=O) groups is 1. The minimum Gasteiger partial charge on any atom is -0.355 e. The van der Waals surface area contributed by atoms with E-state index in [0.29, 0.717) is 5.92 Å². The van der Waals surface area contributed by atoms with Crippen LogP contribution in [0.25, 0.3) is 0 Å². The smallest absolute Gasteiger partial charge is 0.236 e. The van der Waals surface area contributed by atoms with Gasteiger partial charge in [0.05, 0.1) is 6.04 Å². The zero-order valence-electron chi connectivity index (χ0n) is 14.0. The van der Waals surface area contributed by atoms with Gasteiger partial charge in [-0.1, -0.05) is 26.7 Å². The van der Waals surface area contributed by atoms with Gasteiger partial charge in [-0.05, 0) is 46.2 Å². The first-order valence-corrected chi connectivity index (χ1v) is 8.06. The molecule has 1 amide bonds. The molecule has 0 bridgehead atoms. The zero-order valence-corrected chi connectivity index (χ0v) is 14.0. The second kappa shape index (κ2) is 7.99. The van der Waals surface area contributed by atoms with Gasteiger partial charge in [0.25, 0.3) is 0 Å². The summed E-state index contributed by atoms with van der Waals surface area (Å²) < 4.78 is 0. The maximum absolute atomic E-state index is 12.0. The van der Waals surface area contributed by atoms with E-state index in [1.165, 1.54) is 25.7 Å². The van der Waals surface area contributed by atoms with Crippen molar-refractivity contribution in [2.24, 2.45) is 5.92 Å². The lowest BCUT2D eigenvalue weighted by atomic mass is 9.95. The van der Waals surface area contributed by atoms with Crippen LogP contribution in [-0.2, 0) is 4.79 Å². The fourth-order valence-corrected chi connectivity index (χ4v) is 2.89. The molecule has 0 aromatic carbocycles. The van der Waals surface area contributed by atoms with Gasteiger partial charge in [0.15, 0.2) is 0 Å². The van der Waals surface area contributed by atoms with Gasteiger partial charge in [-0.15, -0.1) is 0 Å². The van der Waals surface area contributed by atoms with E-state index in [9.17, 15) is 4.79 Å². The topological polar surface area (TPSA) is 44.4 Å². The van der Waals surface area contributed by atoms with Gasteiger partial charge < -0.3 is 15.5 Å². The quantitative estimate of drug-likeness (QED) is 0.716. The van der Waals surface area contributed by atoms with Crippen molar-refractivity contribution in [1.82, 2.24) is 15.5 Å². The first-order chi connectivity index (χ1) is 9.37. The number of nitrogens with one attached hydrogen (secondary N) is 2. The molecule has 1 fully saturated rings. The van der Waals surface area contributed by atoms with Crippen molar-refractivity contribution >= 4 is 5.91 Å². The number of hydrogen-bond acceptors (Lipinski definition) is 3. The molecular formula is C16H33N3O. The Morgan fingerprint density at radius 2 is 1.80 bits per heavy atom. The molecule has 1 unspecified atom stereocenters. The van der Waals surface area contributed by atoms with Crippen molar-refractivity contribution < 1.29 is 4.79 Å². The Labute approximate surface area is 124 Å². The molecule has 2 N–H and O–H groups in total. The number of likely N-dealkylation sites (N-methyl/N-ethyl adjacent to an activating group) is 1. The minimum atomic E-state index is -0.111. The molecule has 20 heavy (non-hydrogen) atoms. The third-order valence-electron chi connectivity index (χ3n) is 4.63. The molecule has 0 aromatic heterocycles. The van der Waals surface area contributed by atoms with E-state index >= 15 is 0 Å². The van der Waals surface area contributed by atoms with Crippen LogP contribution < -0.4 is 10.6 Å². The minimum absolute atomic E-state index is 0.111. The molecule has 0 aromatic rings.